The van der Waals surface area contributed by atoms with Gasteiger partial charge in [-0.2, -0.15) is 4.74 Å². The number of phenols is 1. The quantitative estimate of drug-likeness (QED) is 0.234. The lowest BCUT2D eigenvalue weighted by molar-refractivity contribution is -0.351. The van der Waals surface area contributed by atoms with Gasteiger partial charge >= 0.3 is 0 Å². The van der Waals surface area contributed by atoms with Crippen LogP contribution in [-0.2, 0) is 6.42 Å². The molecule has 0 aliphatic rings. The van der Waals surface area contributed by atoms with Crippen LogP contribution in [0.2, 0.25) is 0 Å². The van der Waals surface area contributed by atoms with Crippen LogP contribution >= 0.6 is 0 Å². The molecule has 0 amide bonds. The number of phenolic OH excluding ortho intramolecular Hbond substituents is 1. The SMILES string of the molecule is C=C(O)[C@@H](N)Cc1ccc(O)c([N+](=C)[O-])c1. The summed E-state index contributed by atoms with van der Waals surface area (Å²) in [5.74, 6) is -0.270. The fourth-order valence-electron chi connectivity index (χ4n) is 1.27. The van der Waals surface area contributed by atoms with Crippen LogP contribution in [0.25, 0.3) is 0 Å². The number of nitrogens with zero attached hydrogens (tertiary/aromatic N) is 1. The van der Waals surface area contributed by atoms with Gasteiger partial charge in [-0.25, -0.2) is 0 Å². The summed E-state index contributed by atoms with van der Waals surface area (Å²) in [4.78, 5) is 0. The average Bonchev–Trinajstić information content (AvgIpc) is 2.20. The highest BCUT2D eigenvalue weighted by Crippen LogP contribution is 2.26. The van der Waals surface area contributed by atoms with E-state index in [0.717, 1.165) is 0 Å². The molecule has 0 aliphatic heterocycles. The molecule has 5 heteroatoms. The predicted octanol–water partition coefficient (Wildman–Crippen LogP) is 1.18. The van der Waals surface area contributed by atoms with Gasteiger partial charge in [0.2, 0.25) is 0 Å². The van der Waals surface area contributed by atoms with E-state index in [1.54, 1.807) is 6.07 Å². The van der Waals surface area contributed by atoms with Crippen LogP contribution in [0.3, 0.4) is 0 Å². The van der Waals surface area contributed by atoms with E-state index < -0.39 is 6.04 Å². The van der Waals surface area contributed by atoms with E-state index in [-0.39, 0.29) is 17.2 Å². The normalized spacial score (nSPS) is 12.1. The van der Waals surface area contributed by atoms with Crippen molar-refractivity contribution >= 4 is 12.4 Å². The molecule has 1 aromatic rings. The Morgan fingerprint density at radius 3 is 2.69 bits per heavy atom. The first-order valence-electron chi connectivity index (χ1n) is 4.65. The van der Waals surface area contributed by atoms with Gasteiger partial charge < -0.3 is 21.2 Å². The van der Waals surface area contributed by atoms with Gasteiger partial charge in [0.1, 0.15) is 12.5 Å². The van der Waals surface area contributed by atoms with E-state index in [4.69, 9.17) is 10.8 Å². The molecule has 0 unspecified atom stereocenters. The number of aliphatic hydroxyl groups is 1. The number of benzene rings is 1. The van der Waals surface area contributed by atoms with Crippen LogP contribution in [0.4, 0.5) is 5.69 Å². The molecule has 0 saturated carbocycles. The lowest BCUT2D eigenvalue weighted by Gasteiger charge is -2.11. The molecule has 0 fully saturated rings. The van der Waals surface area contributed by atoms with Crippen molar-refractivity contribution in [3.05, 3.63) is 41.3 Å². The zero-order valence-corrected chi connectivity index (χ0v) is 8.76. The Kier molecular flexibility index (Phi) is 3.52. The van der Waals surface area contributed by atoms with Crippen molar-refractivity contribution in [2.75, 3.05) is 0 Å². The second-order valence-corrected chi connectivity index (χ2v) is 3.50. The zero-order valence-electron chi connectivity index (χ0n) is 8.76. The highest BCUT2D eigenvalue weighted by molar-refractivity contribution is 5.49. The number of aromatic hydroxyl groups is 1. The summed E-state index contributed by atoms with van der Waals surface area (Å²) in [6.07, 6.45) is 0.330. The zero-order chi connectivity index (χ0) is 12.3. The Labute approximate surface area is 93.3 Å². The van der Waals surface area contributed by atoms with Gasteiger partial charge in [0.15, 0.2) is 5.75 Å². The Hall–Kier alpha value is -2.01. The third-order valence-corrected chi connectivity index (χ3v) is 2.19. The lowest BCUT2D eigenvalue weighted by Crippen LogP contribution is -2.24. The highest BCUT2D eigenvalue weighted by Gasteiger charge is 2.12. The number of rotatable bonds is 4. The van der Waals surface area contributed by atoms with Crippen molar-refractivity contribution in [3.8, 4) is 5.75 Å². The van der Waals surface area contributed by atoms with Gasteiger partial charge in [0.05, 0.1) is 6.04 Å². The molecule has 86 valence electrons. The van der Waals surface area contributed by atoms with Gasteiger partial charge in [-0.3, -0.25) is 0 Å². The molecule has 1 atom stereocenters. The smallest absolute Gasteiger partial charge is 0.258 e. The maximum atomic E-state index is 11.0. The average molecular weight is 222 g/mol. The lowest BCUT2D eigenvalue weighted by atomic mass is 10.0. The second-order valence-electron chi connectivity index (χ2n) is 3.50. The molecule has 16 heavy (non-hydrogen) atoms. The van der Waals surface area contributed by atoms with Gasteiger partial charge in [0, 0.05) is 6.07 Å². The molecule has 0 saturated heterocycles. The fraction of sp³-hybridized carbons (Fsp3) is 0.182. The van der Waals surface area contributed by atoms with E-state index >= 15 is 0 Å². The van der Waals surface area contributed by atoms with Crippen LogP contribution < -0.4 is 5.73 Å². The number of hydrogen-bond donors (Lipinski definition) is 3. The third kappa shape index (κ3) is 2.74. The molecule has 0 heterocycles. The first-order valence-corrected chi connectivity index (χ1v) is 4.65. The Morgan fingerprint density at radius 2 is 2.19 bits per heavy atom. The van der Waals surface area contributed by atoms with Gasteiger partial charge in [0.25, 0.3) is 5.69 Å². The topological polar surface area (TPSA) is 92.6 Å². The Balaban J connectivity index is 2.95. The largest absolute Gasteiger partial charge is 0.619 e. The number of hydrogen-bond acceptors (Lipinski definition) is 4. The minimum absolute atomic E-state index is 0.0632. The van der Waals surface area contributed by atoms with E-state index in [0.29, 0.717) is 16.7 Å². The minimum atomic E-state index is -0.595. The molecule has 5 nitrogen and oxygen atoms in total. The molecule has 4 N–H and O–H groups in total. The summed E-state index contributed by atoms with van der Waals surface area (Å²) in [6, 6.07) is 3.87. The van der Waals surface area contributed by atoms with E-state index in [2.05, 4.69) is 13.3 Å². The summed E-state index contributed by atoms with van der Waals surface area (Å²) in [7, 11) is 0. The summed E-state index contributed by atoms with van der Waals surface area (Å²) < 4.78 is 0.318. The molecule has 0 spiro atoms. The first kappa shape index (κ1) is 12.1. The fourth-order valence-corrected chi connectivity index (χ4v) is 1.27. The van der Waals surface area contributed by atoms with Crippen molar-refractivity contribution in [3.63, 3.8) is 0 Å². The molecule has 0 bridgehead atoms. The summed E-state index contributed by atoms with van der Waals surface area (Å²) in [5, 5.41) is 29.4. The molecule has 0 radical (unpaired) electrons. The first-order chi connectivity index (χ1) is 7.41. The third-order valence-electron chi connectivity index (χ3n) is 2.19. The van der Waals surface area contributed by atoms with Crippen LogP contribution in [0, 0.1) is 5.21 Å². The van der Waals surface area contributed by atoms with Gasteiger partial charge in [-0.1, -0.05) is 12.6 Å². The number of aliphatic hydroxyl groups excluding tert-OH is 1. The summed E-state index contributed by atoms with van der Waals surface area (Å²) in [5.41, 5.74) is 6.36. The molecule has 1 aromatic carbocycles. The van der Waals surface area contributed by atoms with Crippen molar-refractivity contribution in [2.24, 2.45) is 5.73 Å². The van der Waals surface area contributed by atoms with Crippen LogP contribution in [-0.4, -0.2) is 27.7 Å². The molecular weight excluding hydrogens is 208 g/mol. The summed E-state index contributed by atoms with van der Waals surface area (Å²) >= 11 is 0. The van der Waals surface area contributed by atoms with E-state index in [1.165, 1.54) is 12.1 Å². The number of nitrogens with two attached hydrogens (primary N) is 1. The van der Waals surface area contributed by atoms with E-state index in [1.807, 2.05) is 0 Å². The monoisotopic (exact) mass is 222 g/mol. The van der Waals surface area contributed by atoms with Crippen LogP contribution in [0.1, 0.15) is 5.56 Å². The van der Waals surface area contributed by atoms with Crippen molar-refractivity contribution in [2.45, 2.75) is 12.5 Å². The maximum absolute atomic E-state index is 11.0. The second kappa shape index (κ2) is 4.67. The van der Waals surface area contributed by atoms with Crippen molar-refractivity contribution in [1.29, 1.82) is 0 Å². The molecule has 1 rings (SSSR count). The maximum Gasteiger partial charge on any atom is 0.258 e. The van der Waals surface area contributed by atoms with Crippen molar-refractivity contribution in [1.82, 2.24) is 0 Å². The van der Waals surface area contributed by atoms with Crippen LogP contribution in [0.5, 0.6) is 5.75 Å². The van der Waals surface area contributed by atoms with Crippen molar-refractivity contribution < 1.29 is 15.0 Å². The van der Waals surface area contributed by atoms with Crippen LogP contribution in [0.15, 0.2) is 30.5 Å². The molecule has 0 aliphatic carbocycles. The minimum Gasteiger partial charge on any atom is -0.619 e. The van der Waals surface area contributed by atoms with Gasteiger partial charge in [-0.05, 0) is 18.1 Å². The highest BCUT2D eigenvalue weighted by atomic mass is 16.5. The summed E-state index contributed by atoms with van der Waals surface area (Å²) in [6.45, 7) is 6.47. The van der Waals surface area contributed by atoms with E-state index in [9.17, 15) is 10.3 Å². The molecular formula is C11H14N2O3. The molecule has 0 aromatic heterocycles. The predicted molar refractivity (Wildman–Crippen MR) is 62.0 cm³/mol. The Bertz CT molecular complexity index is 429. The Morgan fingerprint density at radius 1 is 1.56 bits per heavy atom. The van der Waals surface area contributed by atoms with Gasteiger partial charge in [-0.15, -0.1) is 0 Å². The standard InChI is InChI=1S/C11H14N2O3/c1-7(14)9(12)5-8-3-4-11(15)10(6-8)13(2)16/h3-4,6,9,14-15H,1-2,5,12H2/t9-/m0/s1.